The van der Waals surface area contributed by atoms with E-state index in [1.54, 1.807) is 7.11 Å². The van der Waals surface area contributed by atoms with Crippen LogP contribution in [0.5, 0.6) is 5.75 Å². The predicted molar refractivity (Wildman–Crippen MR) is 86.9 cm³/mol. The zero-order chi connectivity index (χ0) is 14.7. The molecular weight excluding hydrogens is 260 g/mol. The van der Waals surface area contributed by atoms with Crippen LogP contribution in [0.15, 0.2) is 24.3 Å². The Morgan fingerprint density at radius 1 is 1.29 bits per heavy atom. The molecule has 3 nitrogen and oxygen atoms in total. The van der Waals surface area contributed by atoms with Gasteiger partial charge in [-0.1, -0.05) is 19.1 Å². The SMILES string of the molecule is CCC1CN2CCCC2CN1CCc1cccc(OC)c1. The van der Waals surface area contributed by atoms with E-state index in [2.05, 4.69) is 34.9 Å². The van der Waals surface area contributed by atoms with Crippen LogP contribution in [0, 0.1) is 0 Å². The zero-order valence-corrected chi connectivity index (χ0v) is 13.4. The molecule has 2 saturated heterocycles. The fourth-order valence-electron chi connectivity index (χ4n) is 3.91. The van der Waals surface area contributed by atoms with Crippen molar-refractivity contribution in [3.8, 4) is 5.75 Å². The van der Waals surface area contributed by atoms with Crippen LogP contribution in [-0.2, 0) is 6.42 Å². The van der Waals surface area contributed by atoms with Crippen LogP contribution < -0.4 is 4.74 Å². The molecule has 2 fully saturated rings. The van der Waals surface area contributed by atoms with Crippen molar-refractivity contribution in [1.29, 1.82) is 0 Å². The van der Waals surface area contributed by atoms with Gasteiger partial charge in [-0.15, -0.1) is 0 Å². The summed E-state index contributed by atoms with van der Waals surface area (Å²) in [7, 11) is 1.74. The van der Waals surface area contributed by atoms with Gasteiger partial charge in [0.15, 0.2) is 0 Å². The summed E-state index contributed by atoms with van der Waals surface area (Å²) < 4.78 is 5.33. The number of fused-ring (bicyclic) bond motifs is 1. The van der Waals surface area contributed by atoms with Crippen LogP contribution in [0.4, 0.5) is 0 Å². The van der Waals surface area contributed by atoms with Crippen LogP contribution in [0.25, 0.3) is 0 Å². The number of nitrogens with zero attached hydrogens (tertiary/aromatic N) is 2. The summed E-state index contributed by atoms with van der Waals surface area (Å²) in [5.74, 6) is 0.972. The Morgan fingerprint density at radius 2 is 2.19 bits per heavy atom. The molecule has 2 aliphatic heterocycles. The van der Waals surface area contributed by atoms with Crippen molar-refractivity contribution in [2.24, 2.45) is 0 Å². The molecule has 0 radical (unpaired) electrons. The number of benzene rings is 1. The predicted octanol–water partition coefficient (Wildman–Crippen LogP) is 2.80. The van der Waals surface area contributed by atoms with Gasteiger partial charge in [0.25, 0.3) is 0 Å². The van der Waals surface area contributed by atoms with E-state index in [0.29, 0.717) is 0 Å². The highest BCUT2D eigenvalue weighted by molar-refractivity contribution is 5.28. The van der Waals surface area contributed by atoms with Gasteiger partial charge < -0.3 is 4.74 Å². The Morgan fingerprint density at radius 3 is 3.00 bits per heavy atom. The summed E-state index contributed by atoms with van der Waals surface area (Å²) in [5, 5.41) is 0. The van der Waals surface area contributed by atoms with E-state index in [-0.39, 0.29) is 0 Å². The minimum absolute atomic E-state index is 0.741. The summed E-state index contributed by atoms with van der Waals surface area (Å²) in [6, 6.07) is 10.1. The van der Waals surface area contributed by atoms with Crippen molar-refractivity contribution in [3.05, 3.63) is 29.8 Å². The second-order valence-corrected chi connectivity index (χ2v) is 6.45. The maximum Gasteiger partial charge on any atom is 0.119 e. The second kappa shape index (κ2) is 6.80. The average Bonchev–Trinajstić information content (AvgIpc) is 2.99. The number of methoxy groups -OCH3 is 1. The summed E-state index contributed by atoms with van der Waals surface area (Å²) in [4.78, 5) is 5.45. The van der Waals surface area contributed by atoms with E-state index in [4.69, 9.17) is 4.74 Å². The lowest BCUT2D eigenvalue weighted by atomic mass is 10.0. The van der Waals surface area contributed by atoms with Crippen LogP contribution in [0.3, 0.4) is 0 Å². The van der Waals surface area contributed by atoms with Crippen molar-refractivity contribution >= 4 is 0 Å². The standard InChI is InChI=1S/C18H28N2O/c1-3-16-13-19-10-5-7-17(19)14-20(16)11-9-15-6-4-8-18(12-15)21-2/h4,6,8,12,16-17H,3,5,7,9-11,13-14H2,1-2H3. The first-order valence-corrected chi connectivity index (χ1v) is 8.41. The van der Waals surface area contributed by atoms with Gasteiger partial charge in [0.05, 0.1) is 7.11 Å². The van der Waals surface area contributed by atoms with Gasteiger partial charge >= 0.3 is 0 Å². The average molecular weight is 288 g/mol. The minimum Gasteiger partial charge on any atom is -0.497 e. The van der Waals surface area contributed by atoms with Gasteiger partial charge in [-0.3, -0.25) is 9.80 Å². The molecule has 0 bridgehead atoms. The van der Waals surface area contributed by atoms with Crippen LogP contribution in [-0.4, -0.2) is 55.2 Å². The fourth-order valence-corrected chi connectivity index (χ4v) is 3.91. The first-order chi connectivity index (χ1) is 10.3. The summed E-state index contributed by atoms with van der Waals surface area (Å²) in [6.07, 6.45) is 5.18. The van der Waals surface area contributed by atoms with Crippen molar-refractivity contribution in [2.75, 3.05) is 33.3 Å². The van der Waals surface area contributed by atoms with Crippen LogP contribution >= 0.6 is 0 Å². The maximum absolute atomic E-state index is 5.33. The molecule has 0 N–H and O–H groups in total. The van der Waals surface area contributed by atoms with E-state index in [1.165, 1.54) is 51.0 Å². The minimum atomic E-state index is 0.741. The lowest BCUT2D eigenvalue weighted by Crippen LogP contribution is -2.56. The van der Waals surface area contributed by atoms with Crippen LogP contribution in [0.2, 0.25) is 0 Å². The Bertz CT molecular complexity index is 462. The third-order valence-corrected chi connectivity index (χ3v) is 5.20. The number of hydrogen-bond acceptors (Lipinski definition) is 3. The molecular formula is C18H28N2O. The molecule has 1 aromatic rings. The Balaban J connectivity index is 1.60. The summed E-state index contributed by atoms with van der Waals surface area (Å²) in [6.45, 7) is 7.38. The molecule has 0 spiro atoms. The molecule has 2 atom stereocenters. The topological polar surface area (TPSA) is 15.7 Å². The van der Waals surface area contributed by atoms with E-state index in [1.807, 2.05) is 6.07 Å². The van der Waals surface area contributed by atoms with Gasteiger partial charge in [0.1, 0.15) is 5.75 Å². The van der Waals surface area contributed by atoms with E-state index >= 15 is 0 Å². The Hall–Kier alpha value is -1.06. The molecule has 0 saturated carbocycles. The van der Waals surface area contributed by atoms with Gasteiger partial charge in [0, 0.05) is 31.7 Å². The van der Waals surface area contributed by atoms with Crippen molar-refractivity contribution in [1.82, 2.24) is 9.80 Å². The van der Waals surface area contributed by atoms with Gasteiger partial charge in [-0.05, 0) is 49.9 Å². The molecule has 3 rings (SSSR count). The highest BCUT2D eigenvalue weighted by atomic mass is 16.5. The molecule has 116 valence electrons. The molecule has 2 aliphatic rings. The largest absolute Gasteiger partial charge is 0.497 e. The summed E-state index contributed by atoms with van der Waals surface area (Å²) >= 11 is 0. The van der Waals surface area contributed by atoms with Gasteiger partial charge in [-0.2, -0.15) is 0 Å². The zero-order valence-electron chi connectivity index (χ0n) is 13.4. The lowest BCUT2D eigenvalue weighted by molar-refractivity contribution is 0.0501. The van der Waals surface area contributed by atoms with Gasteiger partial charge in [-0.25, -0.2) is 0 Å². The van der Waals surface area contributed by atoms with E-state index in [9.17, 15) is 0 Å². The smallest absolute Gasteiger partial charge is 0.119 e. The molecule has 0 aromatic heterocycles. The Labute approximate surface area is 128 Å². The lowest BCUT2D eigenvalue weighted by Gasteiger charge is -2.43. The normalized spacial score (nSPS) is 26.8. The monoisotopic (exact) mass is 288 g/mol. The van der Waals surface area contributed by atoms with E-state index in [0.717, 1.165) is 24.3 Å². The molecule has 2 heterocycles. The maximum atomic E-state index is 5.33. The Kier molecular flexibility index (Phi) is 4.81. The number of piperazine rings is 1. The third-order valence-electron chi connectivity index (χ3n) is 5.20. The second-order valence-electron chi connectivity index (χ2n) is 6.45. The number of rotatable bonds is 5. The molecule has 3 heteroatoms. The summed E-state index contributed by atoms with van der Waals surface area (Å²) in [5.41, 5.74) is 1.39. The quantitative estimate of drug-likeness (QED) is 0.828. The molecule has 21 heavy (non-hydrogen) atoms. The highest BCUT2D eigenvalue weighted by Gasteiger charge is 2.34. The number of ether oxygens (including phenoxy) is 1. The molecule has 0 amide bonds. The highest BCUT2D eigenvalue weighted by Crippen LogP contribution is 2.26. The first-order valence-electron chi connectivity index (χ1n) is 8.41. The fraction of sp³-hybridized carbons (Fsp3) is 0.667. The molecule has 1 aromatic carbocycles. The third kappa shape index (κ3) is 3.41. The van der Waals surface area contributed by atoms with Crippen LogP contribution in [0.1, 0.15) is 31.7 Å². The first kappa shape index (κ1) is 14.9. The van der Waals surface area contributed by atoms with E-state index < -0.39 is 0 Å². The molecule has 2 unspecified atom stereocenters. The van der Waals surface area contributed by atoms with Crippen molar-refractivity contribution in [3.63, 3.8) is 0 Å². The van der Waals surface area contributed by atoms with Crippen molar-refractivity contribution < 1.29 is 4.74 Å². The van der Waals surface area contributed by atoms with Crippen molar-refractivity contribution in [2.45, 2.75) is 44.7 Å². The number of hydrogen-bond donors (Lipinski definition) is 0. The molecule has 0 aliphatic carbocycles. The van der Waals surface area contributed by atoms with Gasteiger partial charge in [0.2, 0.25) is 0 Å².